The van der Waals surface area contributed by atoms with E-state index in [2.05, 4.69) is 16.3 Å². The van der Waals surface area contributed by atoms with E-state index in [1.54, 1.807) is 0 Å². The summed E-state index contributed by atoms with van der Waals surface area (Å²) in [5.74, 6) is -0.211. The molecule has 3 rings (SSSR count). The summed E-state index contributed by atoms with van der Waals surface area (Å²) in [6.45, 7) is 2.85. The normalized spacial score (nSPS) is 15.0. The fraction of sp³-hybridized carbons (Fsp3) is 0.316. The lowest BCUT2D eigenvalue weighted by Crippen LogP contribution is -2.34. The SMILES string of the molecule is CC(CC(=O)Nc1ccc(C(F)(F)F)cc1)N1CCc2ccccc21. The molecule has 132 valence electrons. The molecule has 1 amide bonds. The molecule has 2 aromatic carbocycles. The van der Waals surface area contributed by atoms with Gasteiger partial charge in [-0.25, -0.2) is 0 Å². The monoisotopic (exact) mass is 348 g/mol. The second-order valence-electron chi connectivity index (χ2n) is 6.25. The van der Waals surface area contributed by atoms with Gasteiger partial charge in [0.05, 0.1) is 5.56 Å². The summed E-state index contributed by atoms with van der Waals surface area (Å²) >= 11 is 0. The molecule has 1 aliphatic rings. The van der Waals surface area contributed by atoms with Crippen LogP contribution in [-0.2, 0) is 17.4 Å². The maximum Gasteiger partial charge on any atom is 0.416 e. The molecule has 0 radical (unpaired) electrons. The van der Waals surface area contributed by atoms with E-state index in [1.165, 1.54) is 17.7 Å². The summed E-state index contributed by atoms with van der Waals surface area (Å²) in [5.41, 5.74) is 2.06. The number of halogens is 3. The van der Waals surface area contributed by atoms with E-state index in [4.69, 9.17) is 0 Å². The van der Waals surface area contributed by atoms with Crippen molar-refractivity contribution in [3.63, 3.8) is 0 Å². The number of hydrogen-bond donors (Lipinski definition) is 1. The van der Waals surface area contributed by atoms with Gasteiger partial charge in [0.15, 0.2) is 0 Å². The lowest BCUT2D eigenvalue weighted by Gasteiger charge is -2.27. The van der Waals surface area contributed by atoms with Crippen LogP contribution in [0.1, 0.15) is 24.5 Å². The summed E-state index contributed by atoms with van der Waals surface area (Å²) in [7, 11) is 0. The zero-order chi connectivity index (χ0) is 18.0. The minimum atomic E-state index is -4.37. The Morgan fingerprint density at radius 1 is 1.16 bits per heavy atom. The number of benzene rings is 2. The van der Waals surface area contributed by atoms with Gasteiger partial charge in [-0.3, -0.25) is 4.79 Å². The van der Waals surface area contributed by atoms with Crippen LogP contribution in [-0.4, -0.2) is 18.5 Å². The largest absolute Gasteiger partial charge is 0.416 e. The Balaban J connectivity index is 1.59. The summed E-state index contributed by atoms with van der Waals surface area (Å²) in [4.78, 5) is 14.4. The van der Waals surface area contributed by atoms with Gasteiger partial charge in [-0.2, -0.15) is 13.2 Å². The van der Waals surface area contributed by atoms with E-state index in [0.717, 1.165) is 30.8 Å². The van der Waals surface area contributed by atoms with E-state index < -0.39 is 11.7 Å². The molecule has 0 aliphatic carbocycles. The van der Waals surface area contributed by atoms with E-state index in [0.29, 0.717) is 5.69 Å². The second-order valence-corrected chi connectivity index (χ2v) is 6.25. The lowest BCUT2D eigenvalue weighted by atomic mass is 10.1. The van der Waals surface area contributed by atoms with Crippen LogP contribution in [0.15, 0.2) is 48.5 Å². The van der Waals surface area contributed by atoms with Gasteiger partial charge in [-0.1, -0.05) is 18.2 Å². The number of alkyl halides is 3. The van der Waals surface area contributed by atoms with Gasteiger partial charge in [-0.05, 0) is 49.2 Å². The zero-order valence-corrected chi connectivity index (χ0v) is 13.8. The van der Waals surface area contributed by atoms with Gasteiger partial charge in [0.25, 0.3) is 0 Å². The van der Waals surface area contributed by atoms with Crippen molar-refractivity contribution in [3.8, 4) is 0 Å². The molecule has 1 atom stereocenters. The van der Waals surface area contributed by atoms with Crippen molar-refractivity contribution in [1.82, 2.24) is 0 Å². The third-order valence-electron chi connectivity index (χ3n) is 4.43. The van der Waals surface area contributed by atoms with Crippen LogP contribution in [0.2, 0.25) is 0 Å². The van der Waals surface area contributed by atoms with Crippen LogP contribution in [0.5, 0.6) is 0 Å². The highest BCUT2D eigenvalue weighted by Crippen LogP contribution is 2.31. The first-order valence-corrected chi connectivity index (χ1v) is 8.16. The molecule has 6 heteroatoms. The third-order valence-corrected chi connectivity index (χ3v) is 4.43. The minimum absolute atomic E-state index is 0.0121. The highest BCUT2D eigenvalue weighted by molar-refractivity contribution is 5.91. The standard InChI is InChI=1S/C19H19F3N2O/c1-13(24-11-10-14-4-2-3-5-17(14)24)12-18(25)23-16-8-6-15(7-9-16)19(20,21)22/h2-9,13H,10-12H2,1H3,(H,23,25). The number of rotatable bonds is 4. The average molecular weight is 348 g/mol. The molecule has 2 aromatic rings. The van der Waals surface area contributed by atoms with Crippen molar-refractivity contribution in [2.24, 2.45) is 0 Å². The minimum Gasteiger partial charge on any atom is -0.368 e. The number of nitrogens with zero attached hydrogens (tertiary/aromatic N) is 1. The van der Waals surface area contributed by atoms with Crippen molar-refractivity contribution < 1.29 is 18.0 Å². The Kier molecular flexibility index (Phi) is 4.70. The van der Waals surface area contributed by atoms with Gasteiger partial charge < -0.3 is 10.2 Å². The fourth-order valence-electron chi connectivity index (χ4n) is 3.15. The summed E-state index contributed by atoms with van der Waals surface area (Å²) in [6.07, 6.45) is -3.14. The number of nitrogens with one attached hydrogen (secondary N) is 1. The fourth-order valence-corrected chi connectivity index (χ4v) is 3.15. The van der Waals surface area contributed by atoms with Gasteiger partial charge in [0.1, 0.15) is 0 Å². The number of carbonyl (C=O) groups is 1. The Morgan fingerprint density at radius 3 is 2.52 bits per heavy atom. The molecule has 1 heterocycles. The molecule has 0 spiro atoms. The first-order chi connectivity index (χ1) is 11.8. The maximum absolute atomic E-state index is 12.6. The van der Waals surface area contributed by atoms with Crippen molar-refractivity contribution in [1.29, 1.82) is 0 Å². The van der Waals surface area contributed by atoms with Gasteiger partial charge in [0, 0.05) is 30.4 Å². The third kappa shape index (κ3) is 3.95. The Hall–Kier alpha value is -2.50. The maximum atomic E-state index is 12.6. The van der Waals surface area contributed by atoms with Crippen molar-refractivity contribution in [3.05, 3.63) is 59.7 Å². The predicted molar refractivity (Wildman–Crippen MR) is 91.6 cm³/mol. The number of hydrogen-bond acceptors (Lipinski definition) is 2. The van der Waals surface area contributed by atoms with Crippen molar-refractivity contribution in [2.45, 2.75) is 32.0 Å². The van der Waals surface area contributed by atoms with Crippen LogP contribution in [0.25, 0.3) is 0 Å². The molecule has 1 unspecified atom stereocenters. The number of carbonyl (C=O) groups excluding carboxylic acids is 1. The number of para-hydroxylation sites is 1. The van der Waals surface area contributed by atoms with Crippen LogP contribution in [0.3, 0.4) is 0 Å². The number of anilines is 2. The molecule has 0 bridgehead atoms. The van der Waals surface area contributed by atoms with Crippen molar-refractivity contribution in [2.75, 3.05) is 16.8 Å². The van der Waals surface area contributed by atoms with Gasteiger partial charge in [-0.15, -0.1) is 0 Å². The average Bonchev–Trinajstić information content (AvgIpc) is 2.98. The Labute approximate surface area is 144 Å². The Bertz CT molecular complexity index is 756. The summed E-state index contributed by atoms with van der Waals surface area (Å²) in [6, 6.07) is 12.6. The van der Waals surface area contributed by atoms with Crippen LogP contribution >= 0.6 is 0 Å². The molecule has 0 aromatic heterocycles. The van der Waals surface area contributed by atoms with Crippen molar-refractivity contribution >= 4 is 17.3 Å². The topological polar surface area (TPSA) is 32.3 Å². The molecule has 25 heavy (non-hydrogen) atoms. The highest BCUT2D eigenvalue weighted by atomic mass is 19.4. The lowest BCUT2D eigenvalue weighted by molar-refractivity contribution is -0.137. The van der Waals surface area contributed by atoms with E-state index in [9.17, 15) is 18.0 Å². The van der Waals surface area contributed by atoms with Gasteiger partial charge in [0.2, 0.25) is 5.91 Å². The molecule has 1 aliphatic heterocycles. The highest BCUT2D eigenvalue weighted by Gasteiger charge is 2.30. The molecule has 0 saturated carbocycles. The van der Waals surface area contributed by atoms with Crippen LogP contribution in [0.4, 0.5) is 24.5 Å². The molecule has 0 fully saturated rings. The van der Waals surface area contributed by atoms with E-state index >= 15 is 0 Å². The zero-order valence-electron chi connectivity index (χ0n) is 13.8. The molecule has 3 nitrogen and oxygen atoms in total. The predicted octanol–water partition coefficient (Wildman–Crippen LogP) is 4.49. The van der Waals surface area contributed by atoms with Crippen LogP contribution in [0, 0.1) is 0 Å². The number of fused-ring (bicyclic) bond motifs is 1. The summed E-state index contributed by atoms with van der Waals surface area (Å²) in [5, 5.41) is 2.67. The number of amides is 1. The molecular weight excluding hydrogens is 329 g/mol. The molecule has 0 saturated heterocycles. The van der Waals surface area contributed by atoms with Gasteiger partial charge >= 0.3 is 6.18 Å². The van der Waals surface area contributed by atoms with E-state index in [-0.39, 0.29) is 18.4 Å². The first-order valence-electron chi connectivity index (χ1n) is 8.16. The Morgan fingerprint density at radius 2 is 1.84 bits per heavy atom. The van der Waals surface area contributed by atoms with Crippen LogP contribution < -0.4 is 10.2 Å². The van der Waals surface area contributed by atoms with E-state index in [1.807, 2.05) is 25.1 Å². The smallest absolute Gasteiger partial charge is 0.368 e. The quantitative estimate of drug-likeness (QED) is 0.883. The first kappa shape index (κ1) is 17.3. The summed E-state index contributed by atoms with van der Waals surface area (Å²) < 4.78 is 37.7. The molecular formula is C19H19F3N2O. The molecule has 1 N–H and O–H groups in total. The second kappa shape index (κ2) is 6.78.